The van der Waals surface area contributed by atoms with Crippen LogP contribution in [-0.2, 0) is 19.1 Å². The summed E-state index contributed by atoms with van der Waals surface area (Å²) >= 11 is 0. The number of esters is 1. The lowest BCUT2D eigenvalue weighted by atomic mass is 9.79. The fraction of sp³-hybridized carbons (Fsp3) is 0.333. The van der Waals surface area contributed by atoms with Crippen LogP contribution in [0.2, 0.25) is 0 Å². The van der Waals surface area contributed by atoms with Crippen molar-refractivity contribution in [2.45, 2.75) is 32.9 Å². The van der Waals surface area contributed by atoms with Gasteiger partial charge in [0.25, 0.3) is 0 Å². The van der Waals surface area contributed by atoms with E-state index in [-0.39, 0.29) is 17.0 Å². The summed E-state index contributed by atoms with van der Waals surface area (Å²) in [6.45, 7) is 5.47. The SMILES string of the molecule is COC(=O)c1ccccc1N1C(=O)[C@@H]2[C@H](C1=O)[C@H](C(=O)C(C)(C)C)N1C=Cc3ccccc3[C@H]21. The number of rotatable bonds is 3. The van der Waals surface area contributed by atoms with Gasteiger partial charge in [-0.1, -0.05) is 57.2 Å². The predicted octanol–water partition coefficient (Wildman–Crippen LogP) is 3.60. The first-order chi connectivity index (χ1) is 16.2. The molecule has 0 aromatic heterocycles. The number of amides is 2. The lowest BCUT2D eigenvalue weighted by Gasteiger charge is -2.37. The molecule has 3 aliphatic heterocycles. The number of para-hydroxylation sites is 1. The molecule has 2 saturated heterocycles. The molecule has 3 aliphatic rings. The average molecular weight is 459 g/mol. The number of benzene rings is 2. The quantitative estimate of drug-likeness (QED) is 0.516. The summed E-state index contributed by atoms with van der Waals surface area (Å²) in [7, 11) is 1.25. The Balaban J connectivity index is 1.68. The van der Waals surface area contributed by atoms with Gasteiger partial charge in [0.05, 0.1) is 36.2 Å². The molecule has 174 valence electrons. The Morgan fingerprint density at radius 3 is 2.26 bits per heavy atom. The van der Waals surface area contributed by atoms with Crippen LogP contribution in [0.3, 0.4) is 0 Å². The number of hydrogen-bond acceptors (Lipinski definition) is 6. The molecule has 5 rings (SSSR count). The molecule has 2 aromatic carbocycles. The van der Waals surface area contributed by atoms with E-state index < -0.39 is 47.1 Å². The van der Waals surface area contributed by atoms with Crippen LogP contribution in [-0.4, -0.2) is 41.6 Å². The molecule has 0 aliphatic carbocycles. The van der Waals surface area contributed by atoms with Gasteiger partial charge < -0.3 is 9.64 Å². The number of hydrogen-bond donors (Lipinski definition) is 0. The van der Waals surface area contributed by atoms with Gasteiger partial charge in [-0.25, -0.2) is 9.69 Å². The van der Waals surface area contributed by atoms with Gasteiger partial charge in [-0.3, -0.25) is 14.4 Å². The zero-order valence-electron chi connectivity index (χ0n) is 19.5. The van der Waals surface area contributed by atoms with E-state index in [9.17, 15) is 19.2 Å². The molecule has 2 aromatic rings. The molecule has 4 atom stereocenters. The van der Waals surface area contributed by atoms with Gasteiger partial charge in [0.1, 0.15) is 6.04 Å². The highest BCUT2D eigenvalue weighted by Crippen LogP contribution is 2.54. The number of ketones is 1. The first-order valence-corrected chi connectivity index (χ1v) is 11.3. The first-order valence-electron chi connectivity index (χ1n) is 11.3. The van der Waals surface area contributed by atoms with E-state index in [0.717, 1.165) is 16.0 Å². The fourth-order valence-corrected chi connectivity index (χ4v) is 5.49. The molecule has 0 radical (unpaired) electrons. The second-order valence-corrected chi connectivity index (χ2v) is 9.97. The Morgan fingerprint density at radius 1 is 0.912 bits per heavy atom. The molecule has 0 N–H and O–H groups in total. The van der Waals surface area contributed by atoms with E-state index in [1.54, 1.807) is 18.2 Å². The summed E-state index contributed by atoms with van der Waals surface area (Å²) in [6, 6.07) is 12.9. The molecule has 0 bridgehead atoms. The minimum Gasteiger partial charge on any atom is -0.465 e. The second-order valence-electron chi connectivity index (χ2n) is 9.97. The first kappa shape index (κ1) is 22.1. The van der Waals surface area contributed by atoms with Gasteiger partial charge in [0.15, 0.2) is 5.78 Å². The molecule has 3 heterocycles. The summed E-state index contributed by atoms with van der Waals surface area (Å²) in [5.41, 5.74) is 1.47. The van der Waals surface area contributed by atoms with Crippen LogP contribution >= 0.6 is 0 Å². The number of Topliss-reactive ketones (excluding diaryl/α,β-unsaturated/α-hetero) is 1. The van der Waals surface area contributed by atoms with Crippen LogP contribution in [0.4, 0.5) is 5.69 Å². The van der Waals surface area contributed by atoms with Crippen LogP contribution in [0.1, 0.15) is 48.3 Å². The smallest absolute Gasteiger partial charge is 0.339 e. The number of nitrogens with zero attached hydrogens (tertiary/aromatic N) is 2. The number of methoxy groups -OCH3 is 1. The third-order valence-electron chi connectivity index (χ3n) is 7.02. The molecule has 0 saturated carbocycles. The number of carbonyl (C=O) groups excluding carboxylic acids is 4. The van der Waals surface area contributed by atoms with Crippen LogP contribution < -0.4 is 4.90 Å². The molecular formula is C27H26N2O5. The summed E-state index contributed by atoms with van der Waals surface area (Å²) in [5.74, 6) is -3.21. The van der Waals surface area contributed by atoms with Crippen LogP contribution in [0.25, 0.3) is 6.08 Å². The van der Waals surface area contributed by atoms with Crippen molar-refractivity contribution in [2.75, 3.05) is 12.0 Å². The van der Waals surface area contributed by atoms with Crippen molar-refractivity contribution in [1.82, 2.24) is 4.90 Å². The molecule has 0 unspecified atom stereocenters. The van der Waals surface area contributed by atoms with Crippen molar-refractivity contribution in [1.29, 1.82) is 0 Å². The lowest BCUT2D eigenvalue weighted by Crippen LogP contribution is -2.48. The highest BCUT2D eigenvalue weighted by molar-refractivity contribution is 6.25. The van der Waals surface area contributed by atoms with Crippen molar-refractivity contribution in [2.24, 2.45) is 17.3 Å². The minimum absolute atomic E-state index is 0.0988. The highest BCUT2D eigenvalue weighted by Gasteiger charge is 2.65. The summed E-state index contributed by atoms with van der Waals surface area (Å²) in [4.78, 5) is 56.9. The zero-order chi connectivity index (χ0) is 24.4. The van der Waals surface area contributed by atoms with Gasteiger partial charge in [-0.2, -0.15) is 0 Å². The molecule has 2 amide bonds. The van der Waals surface area contributed by atoms with E-state index in [4.69, 9.17) is 4.74 Å². The molecule has 0 spiro atoms. The van der Waals surface area contributed by atoms with Crippen molar-refractivity contribution < 1.29 is 23.9 Å². The lowest BCUT2D eigenvalue weighted by molar-refractivity contribution is -0.135. The Kier molecular flexibility index (Phi) is 4.97. The van der Waals surface area contributed by atoms with Gasteiger partial charge in [0.2, 0.25) is 11.8 Å². The Hall–Kier alpha value is -3.74. The maximum Gasteiger partial charge on any atom is 0.339 e. The minimum atomic E-state index is -0.856. The van der Waals surface area contributed by atoms with Crippen LogP contribution in [0.15, 0.2) is 54.7 Å². The molecule has 7 nitrogen and oxygen atoms in total. The maximum absolute atomic E-state index is 13.9. The largest absolute Gasteiger partial charge is 0.465 e. The Bertz CT molecular complexity index is 1260. The normalized spacial score (nSPS) is 25.2. The van der Waals surface area contributed by atoms with E-state index in [1.807, 2.05) is 62.2 Å². The second kappa shape index (κ2) is 7.65. The number of imide groups is 1. The topological polar surface area (TPSA) is 84.0 Å². The number of fused-ring (bicyclic) bond motifs is 5. The van der Waals surface area contributed by atoms with E-state index in [2.05, 4.69) is 0 Å². The van der Waals surface area contributed by atoms with E-state index >= 15 is 0 Å². The van der Waals surface area contributed by atoms with Crippen molar-refractivity contribution in [3.63, 3.8) is 0 Å². The summed E-state index contributed by atoms with van der Waals surface area (Å²) < 4.78 is 4.88. The molecule has 7 heteroatoms. The predicted molar refractivity (Wildman–Crippen MR) is 126 cm³/mol. The average Bonchev–Trinajstić information content (AvgIpc) is 3.30. The standard InChI is InChI=1S/C27H26N2O5/c1-27(2,3)23(30)22-20-19(21-16-10-6-5-9-15(16)13-14-28(21)22)24(31)29(25(20)32)18-12-8-7-11-17(18)26(33)34-4/h5-14,19-22H,1-4H3/t19-,20+,21-,22-/m1/s1. The number of ether oxygens (including phenoxy) is 1. The van der Waals surface area contributed by atoms with Crippen molar-refractivity contribution >= 4 is 35.3 Å². The third kappa shape index (κ3) is 3.03. The summed E-state index contributed by atoms with van der Waals surface area (Å²) in [6.07, 6.45) is 3.77. The van der Waals surface area contributed by atoms with Gasteiger partial charge in [0, 0.05) is 11.6 Å². The van der Waals surface area contributed by atoms with Crippen LogP contribution in [0, 0.1) is 17.3 Å². The fourth-order valence-electron chi connectivity index (χ4n) is 5.49. The third-order valence-corrected chi connectivity index (χ3v) is 7.02. The number of carbonyl (C=O) groups is 4. The van der Waals surface area contributed by atoms with Gasteiger partial charge >= 0.3 is 5.97 Å². The highest BCUT2D eigenvalue weighted by atomic mass is 16.5. The van der Waals surface area contributed by atoms with Gasteiger partial charge in [-0.15, -0.1) is 0 Å². The molecule has 2 fully saturated rings. The van der Waals surface area contributed by atoms with E-state index in [0.29, 0.717) is 0 Å². The Morgan fingerprint density at radius 2 is 1.56 bits per heavy atom. The van der Waals surface area contributed by atoms with Gasteiger partial charge in [-0.05, 0) is 29.3 Å². The van der Waals surface area contributed by atoms with E-state index in [1.165, 1.54) is 13.2 Å². The van der Waals surface area contributed by atoms with Crippen molar-refractivity contribution in [3.8, 4) is 0 Å². The molecular weight excluding hydrogens is 432 g/mol. The zero-order valence-corrected chi connectivity index (χ0v) is 19.5. The maximum atomic E-state index is 13.9. The summed E-state index contributed by atoms with van der Waals surface area (Å²) in [5, 5.41) is 0. The molecule has 34 heavy (non-hydrogen) atoms. The monoisotopic (exact) mass is 458 g/mol. The van der Waals surface area contributed by atoms with Crippen LogP contribution in [0.5, 0.6) is 0 Å². The number of anilines is 1. The van der Waals surface area contributed by atoms with Crippen molar-refractivity contribution in [3.05, 3.63) is 71.4 Å². The Labute approximate surface area is 198 Å².